The lowest BCUT2D eigenvalue weighted by molar-refractivity contribution is -0.134. The molecule has 28 heavy (non-hydrogen) atoms. The number of rotatable bonds is 6. The van der Waals surface area contributed by atoms with Crippen LogP contribution >= 0.6 is 12.4 Å². The van der Waals surface area contributed by atoms with Gasteiger partial charge >= 0.3 is 0 Å². The first-order chi connectivity index (χ1) is 13.0. The smallest absolute Gasteiger partial charge is 0.240 e. The quantitative estimate of drug-likeness (QED) is 0.735. The summed E-state index contributed by atoms with van der Waals surface area (Å²) >= 11 is 0. The number of benzene rings is 1. The van der Waals surface area contributed by atoms with Crippen LogP contribution in [0.5, 0.6) is 0 Å². The molecule has 0 aliphatic carbocycles. The number of aryl methyl sites for hydroxylation is 1. The molecule has 2 N–H and O–H groups in total. The second kappa shape index (κ2) is 9.97. The molecule has 9 heteroatoms. The zero-order valence-corrected chi connectivity index (χ0v) is 17.3. The Labute approximate surface area is 172 Å². The van der Waals surface area contributed by atoms with Gasteiger partial charge in [-0.15, -0.1) is 12.4 Å². The number of sulfonamides is 1. The van der Waals surface area contributed by atoms with E-state index in [4.69, 9.17) is 0 Å². The van der Waals surface area contributed by atoms with Gasteiger partial charge in [0.05, 0.1) is 10.9 Å². The Morgan fingerprint density at radius 1 is 1.29 bits per heavy atom. The SMILES string of the molecule is Cc1ccc(S(=O)(=O)NCCC(=O)N2CCNCC2c2cccnc2)cc1.Cl. The third-order valence-electron chi connectivity index (χ3n) is 4.60. The summed E-state index contributed by atoms with van der Waals surface area (Å²) in [4.78, 5) is 18.8. The van der Waals surface area contributed by atoms with E-state index >= 15 is 0 Å². The van der Waals surface area contributed by atoms with Crippen molar-refractivity contribution in [2.75, 3.05) is 26.2 Å². The number of pyridine rings is 1. The summed E-state index contributed by atoms with van der Waals surface area (Å²) in [5.41, 5.74) is 1.96. The molecule has 1 aromatic heterocycles. The summed E-state index contributed by atoms with van der Waals surface area (Å²) in [6.45, 7) is 3.93. The summed E-state index contributed by atoms with van der Waals surface area (Å²) in [6.07, 6.45) is 3.58. The maximum Gasteiger partial charge on any atom is 0.240 e. The molecule has 3 rings (SSSR count). The second-order valence-corrected chi connectivity index (χ2v) is 8.32. The average molecular weight is 425 g/mol. The van der Waals surface area contributed by atoms with Gasteiger partial charge in [0.1, 0.15) is 0 Å². The van der Waals surface area contributed by atoms with Gasteiger partial charge in [-0.25, -0.2) is 13.1 Å². The fraction of sp³-hybridized carbons (Fsp3) is 0.368. The number of carbonyl (C=O) groups is 1. The molecule has 7 nitrogen and oxygen atoms in total. The van der Waals surface area contributed by atoms with Crippen LogP contribution in [-0.4, -0.2) is 50.4 Å². The lowest BCUT2D eigenvalue weighted by atomic mass is 10.0. The summed E-state index contributed by atoms with van der Waals surface area (Å²) in [5, 5.41) is 3.29. The van der Waals surface area contributed by atoms with Crippen molar-refractivity contribution in [2.24, 2.45) is 0 Å². The highest BCUT2D eigenvalue weighted by Crippen LogP contribution is 2.22. The number of hydrogen-bond acceptors (Lipinski definition) is 5. The van der Waals surface area contributed by atoms with Crippen molar-refractivity contribution in [3.63, 3.8) is 0 Å². The molecule has 1 fully saturated rings. The fourth-order valence-corrected chi connectivity index (χ4v) is 4.14. The van der Waals surface area contributed by atoms with Crippen molar-refractivity contribution >= 4 is 28.3 Å². The van der Waals surface area contributed by atoms with Crippen LogP contribution in [0, 0.1) is 6.92 Å². The van der Waals surface area contributed by atoms with E-state index in [-0.39, 0.29) is 42.2 Å². The van der Waals surface area contributed by atoms with Crippen LogP contribution in [0.1, 0.15) is 23.6 Å². The van der Waals surface area contributed by atoms with Crippen LogP contribution in [0.25, 0.3) is 0 Å². The van der Waals surface area contributed by atoms with E-state index in [1.165, 1.54) is 0 Å². The van der Waals surface area contributed by atoms with Crippen molar-refractivity contribution in [3.05, 3.63) is 59.9 Å². The molecule has 2 heterocycles. The summed E-state index contributed by atoms with van der Waals surface area (Å²) in [6, 6.07) is 10.3. The molecule has 1 amide bonds. The molecule has 1 aromatic carbocycles. The van der Waals surface area contributed by atoms with Crippen molar-refractivity contribution < 1.29 is 13.2 Å². The van der Waals surface area contributed by atoms with Crippen LogP contribution < -0.4 is 10.0 Å². The maximum absolute atomic E-state index is 12.7. The number of amides is 1. The van der Waals surface area contributed by atoms with Crippen molar-refractivity contribution in [2.45, 2.75) is 24.3 Å². The molecule has 152 valence electrons. The Kier molecular flexibility index (Phi) is 7.94. The Balaban J connectivity index is 0.00000280. The van der Waals surface area contributed by atoms with Crippen LogP contribution in [0.3, 0.4) is 0 Å². The normalized spacial score (nSPS) is 17.0. The molecule has 2 aromatic rings. The van der Waals surface area contributed by atoms with E-state index in [9.17, 15) is 13.2 Å². The van der Waals surface area contributed by atoms with Gasteiger partial charge in [0.2, 0.25) is 15.9 Å². The topological polar surface area (TPSA) is 91.4 Å². The van der Waals surface area contributed by atoms with Gasteiger partial charge in [0.25, 0.3) is 0 Å². The number of aromatic nitrogens is 1. The molecule has 0 spiro atoms. The second-order valence-electron chi connectivity index (χ2n) is 6.55. The first-order valence-corrected chi connectivity index (χ1v) is 10.4. The molecule has 0 radical (unpaired) electrons. The number of halogens is 1. The van der Waals surface area contributed by atoms with Crippen molar-refractivity contribution in [3.8, 4) is 0 Å². The summed E-state index contributed by atoms with van der Waals surface area (Å²) < 4.78 is 27.2. The summed E-state index contributed by atoms with van der Waals surface area (Å²) in [5.74, 6) is -0.0723. The highest BCUT2D eigenvalue weighted by Gasteiger charge is 2.27. The molecule has 1 unspecified atom stereocenters. The van der Waals surface area contributed by atoms with E-state index in [1.54, 1.807) is 41.6 Å². The van der Waals surface area contributed by atoms with E-state index in [2.05, 4.69) is 15.0 Å². The molecule has 0 bridgehead atoms. The Bertz CT molecular complexity index is 876. The predicted molar refractivity (Wildman–Crippen MR) is 110 cm³/mol. The zero-order valence-electron chi connectivity index (χ0n) is 15.7. The van der Waals surface area contributed by atoms with Gasteiger partial charge < -0.3 is 10.2 Å². The van der Waals surface area contributed by atoms with Gasteiger partial charge in [-0.1, -0.05) is 23.8 Å². The van der Waals surface area contributed by atoms with Crippen LogP contribution in [0.2, 0.25) is 0 Å². The highest BCUT2D eigenvalue weighted by atomic mass is 35.5. The first kappa shape index (κ1) is 22.3. The van der Waals surface area contributed by atoms with E-state index in [1.807, 2.05) is 19.1 Å². The minimum Gasteiger partial charge on any atom is -0.333 e. The minimum atomic E-state index is -3.61. The number of piperazine rings is 1. The van der Waals surface area contributed by atoms with Gasteiger partial charge in [-0.05, 0) is 30.7 Å². The highest BCUT2D eigenvalue weighted by molar-refractivity contribution is 7.89. The fourth-order valence-electron chi connectivity index (χ4n) is 3.11. The van der Waals surface area contributed by atoms with E-state index < -0.39 is 10.0 Å². The summed E-state index contributed by atoms with van der Waals surface area (Å²) in [7, 11) is -3.61. The van der Waals surface area contributed by atoms with Crippen molar-refractivity contribution in [1.29, 1.82) is 0 Å². The van der Waals surface area contributed by atoms with Gasteiger partial charge in [0, 0.05) is 45.0 Å². The lowest BCUT2D eigenvalue weighted by Crippen LogP contribution is -2.49. The van der Waals surface area contributed by atoms with Gasteiger partial charge in [-0.3, -0.25) is 9.78 Å². The third kappa shape index (κ3) is 5.51. The largest absolute Gasteiger partial charge is 0.333 e. The molecule has 1 atom stereocenters. The average Bonchev–Trinajstić information content (AvgIpc) is 2.69. The molecule has 1 saturated heterocycles. The Morgan fingerprint density at radius 3 is 2.71 bits per heavy atom. The minimum absolute atomic E-state index is 0. The molecule has 1 aliphatic rings. The monoisotopic (exact) mass is 424 g/mol. The molecule has 1 aliphatic heterocycles. The standard InChI is InChI=1S/C19H24N4O3S.ClH/c1-15-4-6-17(7-5-15)27(25,26)22-10-8-19(24)23-12-11-21-14-18(23)16-3-2-9-20-13-16;/h2-7,9,13,18,21-22H,8,10-12,14H2,1H3;1H. The van der Waals surface area contributed by atoms with Crippen LogP contribution in [0.15, 0.2) is 53.7 Å². The molecular formula is C19H25ClN4O3S. The zero-order chi connectivity index (χ0) is 19.3. The molecular weight excluding hydrogens is 400 g/mol. The van der Waals surface area contributed by atoms with Gasteiger partial charge in [0.15, 0.2) is 0 Å². The predicted octanol–water partition coefficient (Wildman–Crippen LogP) is 1.65. The maximum atomic E-state index is 12.7. The molecule has 0 saturated carbocycles. The number of carbonyl (C=O) groups excluding carboxylic acids is 1. The van der Waals surface area contributed by atoms with Crippen LogP contribution in [0.4, 0.5) is 0 Å². The number of hydrogen-bond donors (Lipinski definition) is 2. The van der Waals surface area contributed by atoms with Crippen LogP contribution in [-0.2, 0) is 14.8 Å². The lowest BCUT2D eigenvalue weighted by Gasteiger charge is -2.36. The van der Waals surface area contributed by atoms with Gasteiger partial charge in [-0.2, -0.15) is 0 Å². The van der Waals surface area contributed by atoms with E-state index in [0.29, 0.717) is 13.1 Å². The Hall–Kier alpha value is -2.00. The first-order valence-electron chi connectivity index (χ1n) is 8.94. The number of nitrogens with one attached hydrogen (secondary N) is 2. The van der Waals surface area contributed by atoms with Crippen molar-refractivity contribution in [1.82, 2.24) is 19.9 Å². The Morgan fingerprint density at radius 2 is 2.04 bits per heavy atom. The van der Waals surface area contributed by atoms with E-state index in [0.717, 1.165) is 17.7 Å². The third-order valence-corrected chi connectivity index (χ3v) is 6.07. The number of nitrogens with zero attached hydrogens (tertiary/aromatic N) is 2.